The number of carboxylic acids is 1. The highest BCUT2D eigenvalue weighted by Gasteiger charge is 2.45. The third-order valence-electron chi connectivity index (χ3n) is 4.36. The van der Waals surface area contributed by atoms with Crippen LogP contribution < -0.4 is 5.32 Å². The minimum atomic E-state index is -1.28. The van der Waals surface area contributed by atoms with Gasteiger partial charge in [0.1, 0.15) is 5.54 Å². The summed E-state index contributed by atoms with van der Waals surface area (Å²) in [7, 11) is 0. The molecule has 2 aromatic carbocycles. The number of fused-ring (bicyclic) bond motifs is 1. The van der Waals surface area contributed by atoms with Crippen LogP contribution in [-0.4, -0.2) is 27.8 Å². The van der Waals surface area contributed by atoms with Gasteiger partial charge in [0.15, 0.2) is 0 Å². The van der Waals surface area contributed by atoms with E-state index in [4.69, 9.17) is 0 Å². The van der Waals surface area contributed by atoms with E-state index in [0.717, 1.165) is 16.0 Å². The molecule has 0 fully saturated rings. The smallest absolute Gasteiger partial charge is 0.330 e. The Balaban J connectivity index is 1.88. The van der Waals surface area contributed by atoms with Crippen molar-refractivity contribution in [2.45, 2.75) is 42.4 Å². The van der Waals surface area contributed by atoms with Crippen molar-refractivity contribution in [2.75, 3.05) is 0 Å². The zero-order chi connectivity index (χ0) is 18.0. The van der Waals surface area contributed by atoms with Crippen LogP contribution in [0.15, 0.2) is 53.4 Å². The lowest BCUT2D eigenvalue weighted by molar-refractivity contribution is -0.144. The molecule has 0 saturated heterocycles. The number of thioether (sulfide) groups is 1. The lowest BCUT2D eigenvalue weighted by atomic mass is 9.95. The summed E-state index contributed by atoms with van der Waals surface area (Å²) >= 11 is 1.60. The van der Waals surface area contributed by atoms with E-state index in [-0.39, 0.29) is 5.91 Å². The van der Waals surface area contributed by atoms with E-state index in [9.17, 15) is 14.7 Å². The van der Waals surface area contributed by atoms with Gasteiger partial charge in [-0.1, -0.05) is 50.2 Å². The molecule has 0 unspecified atom stereocenters. The predicted molar refractivity (Wildman–Crippen MR) is 99.1 cm³/mol. The van der Waals surface area contributed by atoms with E-state index < -0.39 is 11.5 Å². The van der Waals surface area contributed by atoms with E-state index in [1.165, 1.54) is 0 Å². The summed E-state index contributed by atoms with van der Waals surface area (Å²) in [4.78, 5) is 25.7. The average Bonchev–Trinajstić information content (AvgIpc) is 2.94. The van der Waals surface area contributed by atoms with Crippen LogP contribution in [0.1, 0.15) is 35.3 Å². The van der Waals surface area contributed by atoms with Crippen LogP contribution in [0.2, 0.25) is 0 Å². The van der Waals surface area contributed by atoms with Crippen molar-refractivity contribution >= 4 is 23.6 Å². The lowest BCUT2D eigenvalue weighted by Gasteiger charge is -2.26. The van der Waals surface area contributed by atoms with Gasteiger partial charge < -0.3 is 10.4 Å². The van der Waals surface area contributed by atoms with Gasteiger partial charge in [-0.3, -0.25) is 4.79 Å². The average molecular weight is 355 g/mol. The number of aliphatic carboxylic acids is 1. The molecular formula is C20H21NO3S. The quantitative estimate of drug-likeness (QED) is 0.805. The second-order valence-corrected chi connectivity index (χ2v) is 8.24. The molecule has 1 aliphatic rings. The number of carbonyl (C=O) groups is 2. The maximum Gasteiger partial charge on any atom is 0.330 e. The van der Waals surface area contributed by atoms with Crippen LogP contribution in [0, 0.1) is 0 Å². The Morgan fingerprint density at radius 1 is 1.04 bits per heavy atom. The van der Waals surface area contributed by atoms with Crippen molar-refractivity contribution in [3.05, 3.63) is 65.2 Å². The molecule has 0 aromatic heterocycles. The first kappa shape index (κ1) is 17.5. The Bertz CT molecular complexity index is 791. The van der Waals surface area contributed by atoms with E-state index in [1.807, 2.05) is 36.4 Å². The molecule has 3 rings (SSSR count). The summed E-state index contributed by atoms with van der Waals surface area (Å²) < 4.78 is 0. The van der Waals surface area contributed by atoms with Gasteiger partial charge in [0.05, 0.1) is 5.56 Å². The maximum absolute atomic E-state index is 12.9. The number of amides is 1. The molecule has 1 amide bonds. The number of carboxylic acid groups (broad SMARTS) is 1. The predicted octanol–water partition coefficient (Wildman–Crippen LogP) is 3.54. The zero-order valence-electron chi connectivity index (χ0n) is 14.3. The van der Waals surface area contributed by atoms with Gasteiger partial charge in [-0.25, -0.2) is 4.79 Å². The van der Waals surface area contributed by atoms with Crippen molar-refractivity contribution in [2.24, 2.45) is 0 Å². The molecule has 0 saturated carbocycles. The highest BCUT2D eigenvalue weighted by molar-refractivity contribution is 8.00. The Labute approximate surface area is 151 Å². The van der Waals surface area contributed by atoms with Crippen LogP contribution in [0.4, 0.5) is 0 Å². The maximum atomic E-state index is 12.9. The SMILES string of the molecule is CC(C)Sc1ccccc1C(=O)NC1(C(=O)O)Cc2ccccc2C1. The number of nitrogens with one attached hydrogen (secondary N) is 1. The largest absolute Gasteiger partial charge is 0.479 e. The van der Waals surface area contributed by atoms with Gasteiger partial charge in [0.25, 0.3) is 5.91 Å². The minimum absolute atomic E-state index is 0.309. The summed E-state index contributed by atoms with van der Waals surface area (Å²) in [6.07, 6.45) is 0.619. The van der Waals surface area contributed by atoms with E-state index in [2.05, 4.69) is 19.2 Å². The van der Waals surface area contributed by atoms with Gasteiger partial charge in [0.2, 0.25) is 0 Å². The van der Waals surface area contributed by atoms with Crippen LogP contribution in [0.3, 0.4) is 0 Å². The Kier molecular flexibility index (Phi) is 4.86. The fourth-order valence-electron chi connectivity index (χ4n) is 3.20. The van der Waals surface area contributed by atoms with Gasteiger partial charge in [-0.15, -0.1) is 11.8 Å². The first-order valence-corrected chi connectivity index (χ1v) is 9.17. The normalized spacial score (nSPS) is 15.0. The highest BCUT2D eigenvalue weighted by atomic mass is 32.2. The molecule has 130 valence electrons. The summed E-state index contributed by atoms with van der Waals surface area (Å²) in [6, 6.07) is 15.0. The number of hydrogen-bond donors (Lipinski definition) is 2. The number of rotatable bonds is 5. The van der Waals surface area contributed by atoms with Crippen molar-refractivity contribution in [1.82, 2.24) is 5.32 Å². The molecule has 2 aromatic rings. The van der Waals surface area contributed by atoms with Crippen LogP contribution >= 0.6 is 11.8 Å². The topological polar surface area (TPSA) is 66.4 Å². The molecule has 0 bridgehead atoms. The molecule has 0 spiro atoms. The number of hydrogen-bond acceptors (Lipinski definition) is 3. The molecule has 4 nitrogen and oxygen atoms in total. The van der Waals surface area contributed by atoms with E-state index in [0.29, 0.717) is 23.7 Å². The molecule has 0 atom stereocenters. The first-order valence-electron chi connectivity index (χ1n) is 8.30. The van der Waals surface area contributed by atoms with Gasteiger partial charge >= 0.3 is 5.97 Å². The second-order valence-electron chi connectivity index (χ2n) is 6.63. The summed E-state index contributed by atoms with van der Waals surface area (Å²) in [5.41, 5.74) is 1.21. The molecule has 1 aliphatic carbocycles. The second kappa shape index (κ2) is 6.92. The molecule has 5 heteroatoms. The van der Waals surface area contributed by atoms with Gasteiger partial charge in [-0.2, -0.15) is 0 Å². The summed E-state index contributed by atoms with van der Waals surface area (Å²) in [5, 5.41) is 13.0. The molecule has 2 N–H and O–H groups in total. The van der Waals surface area contributed by atoms with Gasteiger partial charge in [-0.05, 0) is 23.3 Å². The third kappa shape index (κ3) is 3.56. The van der Waals surface area contributed by atoms with E-state index >= 15 is 0 Å². The van der Waals surface area contributed by atoms with Crippen molar-refractivity contribution in [3.8, 4) is 0 Å². The molecule has 0 radical (unpaired) electrons. The number of benzene rings is 2. The minimum Gasteiger partial charge on any atom is -0.479 e. The van der Waals surface area contributed by atoms with Crippen LogP contribution in [0.5, 0.6) is 0 Å². The van der Waals surface area contributed by atoms with Crippen molar-refractivity contribution < 1.29 is 14.7 Å². The van der Waals surface area contributed by atoms with Crippen molar-refractivity contribution in [3.63, 3.8) is 0 Å². The number of carbonyl (C=O) groups excluding carboxylic acids is 1. The standard InChI is InChI=1S/C20H21NO3S/c1-13(2)25-17-10-6-5-9-16(17)18(22)21-20(19(23)24)11-14-7-3-4-8-15(14)12-20/h3-10,13H,11-12H2,1-2H3,(H,21,22)(H,23,24). The Morgan fingerprint density at radius 3 is 2.16 bits per heavy atom. The molecule has 0 heterocycles. The molecular weight excluding hydrogens is 334 g/mol. The molecule has 0 aliphatic heterocycles. The molecule has 25 heavy (non-hydrogen) atoms. The monoisotopic (exact) mass is 355 g/mol. The third-order valence-corrected chi connectivity index (χ3v) is 5.44. The highest BCUT2D eigenvalue weighted by Crippen LogP contribution is 2.32. The Hall–Kier alpha value is -2.27. The first-order chi connectivity index (χ1) is 11.9. The van der Waals surface area contributed by atoms with Crippen LogP contribution in [0.25, 0.3) is 0 Å². The summed E-state index contributed by atoms with van der Waals surface area (Å²) in [6.45, 7) is 4.12. The fraction of sp³-hybridized carbons (Fsp3) is 0.300. The van der Waals surface area contributed by atoms with Gasteiger partial charge in [0, 0.05) is 23.0 Å². The lowest BCUT2D eigenvalue weighted by Crippen LogP contribution is -2.55. The van der Waals surface area contributed by atoms with Crippen molar-refractivity contribution in [1.29, 1.82) is 0 Å². The fourth-order valence-corrected chi connectivity index (χ4v) is 4.16. The van der Waals surface area contributed by atoms with Crippen LogP contribution in [-0.2, 0) is 17.6 Å². The Morgan fingerprint density at radius 2 is 1.60 bits per heavy atom. The van der Waals surface area contributed by atoms with E-state index in [1.54, 1.807) is 23.9 Å². The summed E-state index contributed by atoms with van der Waals surface area (Å²) in [5.74, 6) is -1.33. The zero-order valence-corrected chi connectivity index (χ0v) is 15.1.